The Morgan fingerprint density at radius 1 is 0.880 bits per heavy atom. The molecule has 2 bridgehead atoms. The zero-order valence-electron chi connectivity index (χ0n) is 16.1. The van der Waals surface area contributed by atoms with E-state index in [0.29, 0.717) is 0 Å². The number of piperazine rings is 1. The molecule has 1 heterocycles. The van der Waals surface area contributed by atoms with Crippen molar-refractivity contribution in [3.63, 3.8) is 0 Å². The number of methoxy groups -OCH3 is 1. The van der Waals surface area contributed by atoms with Crippen molar-refractivity contribution in [2.45, 2.75) is 70.4 Å². The summed E-state index contributed by atoms with van der Waals surface area (Å²) in [4.78, 5) is 28.8. The summed E-state index contributed by atoms with van der Waals surface area (Å²) >= 11 is 0. The van der Waals surface area contributed by atoms with Gasteiger partial charge in [-0.05, 0) is 59.3 Å². The first-order valence-corrected chi connectivity index (χ1v) is 9.51. The van der Waals surface area contributed by atoms with Gasteiger partial charge in [0.15, 0.2) is 0 Å². The third kappa shape index (κ3) is 3.50. The van der Waals surface area contributed by atoms with Gasteiger partial charge >= 0.3 is 12.1 Å². The van der Waals surface area contributed by atoms with Crippen molar-refractivity contribution >= 4 is 12.1 Å². The molecule has 6 heteroatoms. The molecule has 0 atom stereocenters. The topological polar surface area (TPSA) is 59.1 Å². The van der Waals surface area contributed by atoms with Crippen LogP contribution < -0.4 is 0 Å². The third-order valence-corrected chi connectivity index (χ3v) is 6.43. The van der Waals surface area contributed by atoms with Gasteiger partial charge in [0.25, 0.3) is 0 Å². The fourth-order valence-electron chi connectivity index (χ4n) is 4.85. The number of ether oxygens (including phenoxy) is 2. The first kappa shape index (κ1) is 18.5. The highest BCUT2D eigenvalue weighted by Crippen LogP contribution is 2.55. The van der Waals surface area contributed by atoms with E-state index in [-0.39, 0.29) is 23.0 Å². The molecule has 1 amide bonds. The summed E-state index contributed by atoms with van der Waals surface area (Å²) in [6, 6.07) is 0. The van der Waals surface area contributed by atoms with Crippen molar-refractivity contribution in [2.75, 3.05) is 33.3 Å². The van der Waals surface area contributed by atoms with E-state index in [1.807, 2.05) is 25.7 Å². The monoisotopic (exact) mass is 352 g/mol. The largest absolute Gasteiger partial charge is 0.469 e. The maximum Gasteiger partial charge on any atom is 0.410 e. The molecule has 4 fully saturated rings. The molecule has 25 heavy (non-hydrogen) atoms. The van der Waals surface area contributed by atoms with Crippen LogP contribution in [0.1, 0.15) is 59.3 Å². The van der Waals surface area contributed by atoms with Crippen LogP contribution in [0.5, 0.6) is 0 Å². The van der Waals surface area contributed by atoms with E-state index >= 15 is 0 Å². The van der Waals surface area contributed by atoms with Gasteiger partial charge in [0.2, 0.25) is 0 Å². The minimum absolute atomic E-state index is 0.0180. The van der Waals surface area contributed by atoms with Gasteiger partial charge in [-0.25, -0.2) is 4.79 Å². The van der Waals surface area contributed by atoms with Crippen LogP contribution in [0.4, 0.5) is 4.79 Å². The maximum atomic E-state index is 12.2. The number of carbonyl (C=O) groups excluding carboxylic acids is 2. The van der Waals surface area contributed by atoms with Gasteiger partial charge in [-0.1, -0.05) is 0 Å². The van der Waals surface area contributed by atoms with E-state index in [4.69, 9.17) is 9.47 Å². The normalized spacial score (nSPS) is 33.2. The number of amides is 1. The molecule has 0 N–H and O–H groups in total. The quantitative estimate of drug-likeness (QED) is 0.715. The minimum Gasteiger partial charge on any atom is -0.469 e. The molecule has 6 nitrogen and oxygen atoms in total. The molecule has 0 aromatic rings. The van der Waals surface area contributed by atoms with Gasteiger partial charge in [-0.2, -0.15) is 0 Å². The van der Waals surface area contributed by atoms with Crippen molar-refractivity contribution in [1.29, 1.82) is 0 Å². The third-order valence-electron chi connectivity index (χ3n) is 6.43. The molecule has 3 saturated carbocycles. The minimum atomic E-state index is -0.448. The molecule has 4 aliphatic rings. The fraction of sp³-hybridized carbons (Fsp3) is 0.895. The van der Waals surface area contributed by atoms with Crippen LogP contribution in [0.2, 0.25) is 0 Å². The second-order valence-electron chi connectivity index (χ2n) is 8.95. The SMILES string of the molecule is COC(=O)C12CCC(N3CCN(C(=O)OC(C)(C)C)CC3)(CC1)CC2. The predicted octanol–water partition coefficient (Wildman–Crippen LogP) is 2.81. The van der Waals surface area contributed by atoms with Crippen molar-refractivity contribution in [1.82, 2.24) is 9.80 Å². The zero-order valence-corrected chi connectivity index (χ0v) is 16.1. The molecule has 0 spiro atoms. The number of fused-ring (bicyclic) bond motifs is 3. The molecule has 1 saturated heterocycles. The van der Waals surface area contributed by atoms with Gasteiger partial charge in [-0.3, -0.25) is 9.69 Å². The highest BCUT2D eigenvalue weighted by molar-refractivity contribution is 5.77. The standard InChI is InChI=1S/C19H32N2O4/c1-17(2,3)25-16(23)20-11-13-21(14-12-20)19-8-5-18(6-9-19,7-10-19)15(22)24-4/h5-14H2,1-4H3. The number of hydrogen-bond donors (Lipinski definition) is 0. The van der Waals surface area contributed by atoms with Crippen LogP contribution >= 0.6 is 0 Å². The molecule has 0 unspecified atom stereocenters. The van der Waals surface area contributed by atoms with Crippen LogP contribution in [0, 0.1) is 5.41 Å². The second kappa shape index (κ2) is 6.45. The van der Waals surface area contributed by atoms with Crippen LogP contribution in [-0.4, -0.2) is 66.3 Å². The summed E-state index contributed by atoms with van der Waals surface area (Å²) in [7, 11) is 1.50. The lowest BCUT2D eigenvalue weighted by atomic mass is 9.56. The molecule has 1 aliphatic heterocycles. The first-order valence-electron chi connectivity index (χ1n) is 9.51. The van der Waals surface area contributed by atoms with E-state index in [9.17, 15) is 9.59 Å². The molecule has 3 aliphatic carbocycles. The Balaban J connectivity index is 1.56. The molecule has 0 aromatic heterocycles. The van der Waals surface area contributed by atoms with Gasteiger partial charge in [-0.15, -0.1) is 0 Å². The van der Waals surface area contributed by atoms with Gasteiger partial charge in [0.1, 0.15) is 5.60 Å². The number of esters is 1. The van der Waals surface area contributed by atoms with Crippen molar-refractivity contribution in [3.8, 4) is 0 Å². The number of carbonyl (C=O) groups is 2. The van der Waals surface area contributed by atoms with E-state index < -0.39 is 5.60 Å². The summed E-state index contributed by atoms with van der Waals surface area (Å²) in [6.45, 7) is 8.93. The summed E-state index contributed by atoms with van der Waals surface area (Å²) in [5.74, 6) is -0.0180. The van der Waals surface area contributed by atoms with Crippen LogP contribution in [0.3, 0.4) is 0 Å². The van der Waals surface area contributed by atoms with E-state index in [1.165, 1.54) is 7.11 Å². The summed E-state index contributed by atoms with van der Waals surface area (Å²) in [5.41, 5.74) is -0.457. The Morgan fingerprint density at radius 3 is 1.84 bits per heavy atom. The molecular weight excluding hydrogens is 320 g/mol. The lowest BCUT2D eigenvalue weighted by molar-refractivity contribution is -0.165. The Kier molecular flexibility index (Phi) is 4.77. The summed E-state index contributed by atoms with van der Waals surface area (Å²) in [5, 5.41) is 0. The van der Waals surface area contributed by atoms with Crippen molar-refractivity contribution in [2.24, 2.45) is 5.41 Å². The molecule has 0 radical (unpaired) electrons. The smallest absolute Gasteiger partial charge is 0.410 e. The highest BCUT2D eigenvalue weighted by Gasteiger charge is 2.55. The van der Waals surface area contributed by atoms with Gasteiger partial charge in [0.05, 0.1) is 12.5 Å². The first-order chi connectivity index (χ1) is 11.7. The Hall–Kier alpha value is -1.30. The molecule has 142 valence electrons. The van der Waals surface area contributed by atoms with Gasteiger partial charge in [0, 0.05) is 31.7 Å². The van der Waals surface area contributed by atoms with Crippen LogP contribution in [-0.2, 0) is 14.3 Å². The maximum absolute atomic E-state index is 12.2. The van der Waals surface area contributed by atoms with Gasteiger partial charge < -0.3 is 14.4 Å². The lowest BCUT2D eigenvalue weighted by Gasteiger charge is -2.57. The van der Waals surface area contributed by atoms with Crippen molar-refractivity contribution in [3.05, 3.63) is 0 Å². The highest BCUT2D eigenvalue weighted by atomic mass is 16.6. The van der Waals surface area contributed by atoms with Crippen LogP contribution in [0.25, 0.3) is 0 Å². The average molecular weight is 352 g/mol. The van der Waals surface area contributed by atoms with E-state index in [2.05, 4.69) is 4.90 Å². The number of rotatable bonds is 2. The Labute approximate surface area is 150 Å². The number of hydrogen-bond acceptors (Lipinski definition) is 5. The molecule has 4 rings (SSSR count). The molecular formula is C19H32N2O4. The Morgan fingerprint density at radius 2 is 1.40 bits per heavy atom. The summed E-state index contributed by atoms with van der Waals surface area (Å²) in [6.07, 6.45) is 5.79. The van der Waals surface area contributed by atoms with E-state index in [1.54, 1.807) is 0 Å². The Bertz CT molecular complexity index is 508. The average Bonchev–Trinajstić information content (AvgIpc) is 2.61. The predicted molar refractivity (Wildman–Crippen MR) is 94.3 cm³/mol. The number of nitrogens with zero attached hydrogens (tertiary/aromatic N) is 2. The van der Waals surface area contributed by atoms with Crippen molar-refractivity contribution < 1.29 is 19.1 Å². The lowest BCUT2D eigenvalue weighted by Crippen LogP contribution is -2.63. The summed E-state index contributed by atoms with van der Waals surface area (Å²) < 4.78 is 10.5. The second-order valence-corrected chi connectivity index (χ2v) is 8.95. The van der Waals surface area contributed by atoms with E-state index in [0.717, 1.165) is 64.7 Å². The zero-order chi connectivity index (χ0) is 18.3. The van der Waals surface area contributed by atoms with Crippen LogP contribution in [0.15, 0.2) is 0 Å². The molecule has 0 aromatic carbocycles. The fourth-order valence-corrected chi connectivity index (χ4v) is 4.85.